The number of nitrogens with one attached hydrogen (secondary N) is 2. The van der Waals surface area contributed by atoms with Crippen LogP contribution in [0.3, 0.4) is 0 Å². The standard InChI is InChI=1S/C21H27N5O2S/c1-14(27)29-11-5-3-2-4-10-22-21(28)20-16-8-9-18-17(19(16)23-24-20)13-26(25-18)12-15-6-7-15/h8-9,13,15,25H,2-7,10-12H2,1H3,(H,22,28). The number of rotatable bonds is 10. The molecule has 0 radical (unpaired) electrons. The highest BCUT2D eigenvalue weighted by atomic mass is 32.2. The summed E-state index contributed by atoms with van der Waals surface area (Å²) in [5.74, 6) is 1.49. The number of hydrogen-bond donors (Lipinski definition) is 2. The molecule has 7 nitrogen and oxygen atoms in total. The van der Waals surface area contributed by atoms with E-state index in [0.717, 1.165) is 65.7 Å². The van der Waals surface area contributed by atoms with E-state index < -0.39 is 0 Å². The van der Waals surface area contributed by atoms with E-state index in [1.165, 1.54) is 24.6 Å². The number of benzene rings is 1. The van der Waals surface area contributed by atoms with Gasteiger partial charge in [-0.2, -0.15) is 0 Å². The van der Waals surface area contributed by atoms with Gasteiger partial charge in [-0.3, -0.25) is 19.4 Å². The van der Waals surface area contributed by atoms with Gasteiger partial charge >= 0.3 is 0 Å². The SMILES string of the molecule is CC(=O)SCCCCCCNC(=O)c1nnc2c1ccc1[nH]n(CC3CC3)cc12. The van der Waals surface area contributed by atoms with Crippen LogP contribution in [0.2, 0.25) is 0 Å². The lowest BCUT2D eigenvalue weighted by Gasteiger charge is -2.03. The minimum Gasteiger partial charge on any atom is -0.351 e. The maximum Gasteiger partial charge on any atom is 0.272 e. The maximum atomic E-state index is 12.6. The second kappa shape index (κ2) is 8.98. The van der Waals surface area contributed by atoms with Gasteiger partial charge in [0.15, 0.2) is 10.8 Å². The molecule has 1 aliphatic carbocycles. The van der Waals surface area contributed by atoms with E-state index in [1.54, 1.807) is 6.92 Å². The second-order valence-corrected chi connectivity index (χ2v) is 9.09. The third kappa shape index (κ3) is 4.98. The molecule has 0 bridgehead atoms. The molecule has 3 aromatic rings. The Hall–Kier alpha value is -2.35. The fraction of sp³-hybridized carbons (Fsp3) is 0.524. The quantitative estimate of drug-likeness (QED) is 0.492. The number of carbonyl (C=O) groups excluding carboxylic acids is 2. The van der Waals surface area contributed by atoms with Gasteiger partial charge in [0, 0.05) is 42.7 Å². The molecule has 1 aromatic carbocycles. The molecule has 4 rings (SSSR count). The number of aromatic nitrogens is 4. The molecule has 1 fully saturated rings. The summed E-state index contributed by atoms with van der Waals surface area (Å²) in [6.07, 6.45) is 8.75. The summed E-state index contributed by atoms with van der Waals surface area (Å²) in [7, 11) is 0. The average molecular weight is 414 g/mol. The molecule has 2 heterocycles. The minimum absolute atomic E-state index is 0.166. The second-order valence-electron chi connectivity index (χ2n) is 7.82. The first kappa shape index (κ1) is 19.9. The zero-order valence-electron chi connectivity index (χ0n) is 16.7. The van der Waals surface area contributed by atoms with Crippen molar-refractivity contribution in [1.29, 1.82) is 0 Å². The molecule has 1 aliphatic rings. The van der Waals surface area contributed by atoms with E-state index in [4.69, 9.17) is 0 Å². The third-order valence-corrected chi connectivity index (χ3v) is 6.20. The Morgan fingerprint density at radius 3 is 2.79 bits per heavy atom. The van der Waals surface area contributed by atoms with E-state index in [9.17, 15) is 9.59 Å². The zero-order chi connectivity index (χ0) is 20.2. The molecule has 8 heteroatoms. The number of nitrogens with zero attached hydrogens (tertiary/aromatic N) is 3. The highest BCUT2D eigenvalue weighted by Gasteiger charge is 2.22. The molecule has 0 saturated heterocycles. The highest BCUT2D eigenvalue weighted by molar-refractivity contribution is 8.13. The van der Waals surface area contributed by atoms with Gasteiger partial charge in [0.1, 0.15) is 5.52 Å². The molecule has 0 unspecified atom stereocenters. The van der Waals surface area contributed by atoms with E-state index in [-0.39, 0.29) is 11.0 Å². The summed E-state index contributed by atoms with van der Waals surface area (Å²) >= 11 is 1.38. The Labute approximate surface area is 174 Å². The molecule has 1 saturated carbocycles. The molecule has 0 atom stereocenters. The van der Waals surface area contributed by atoms with Gasteiger partial charge < -0.3 is 5.32 Å². The lowest BCUT2D eigenvalue weighted by molar-refractivity contribution is -0.109. The van der Waals surface area contributed by atoms with Gasteiger partial charge in [-0.05, 0) is 43.7 Å². The molecule has 2 aromatic heterocycles. The van der Waals surface area contributed by atoms with Crippen LogP contribution in [-0.4, -0.2) is 43.3 Å². The van der Waals surface area contributed by atoms with Gasteiger partial charge in [-0.15, -0.1) is 10.2 Å². The van der Waals surface area contributed by atoms with Crippen molar-refractivity contribution in [2.24, 2.45) is 5.92 Å². The predicted molar refractivity (Wildman–Crippen MR) is 116 cm³/mol. The van der Waals surface area contributed by atoms with Gasteiger partial charge in [0.2, 0.25) is 0 Å². The fourth-order valence-corrected chi connectivity index (χ4v) is 4.19. The number of aromatic amines is 1. The smallest absolute Gasteiger partial charge is 0.272 e. The van der Waals surface area contributed by atoms with Crippen molar-refractivity contribution in [3.63, 3.8) is 0 Å². The van der Waals surface area contributed by atoms with E-state index in [1.807, 2.05) is 12.1 Å². The highest BCUT2D eigenvalue weighted by Crippen LogP contribution is 2.31. The molecule has 154 valence electrons. The van der Waals surface area contributed by atoms with Crippen molar-refractivity contribution in [3.8, 4) is 0 Å². The van der Waals surface area contributed by atoms with E-state index >= 15 is 0 Å². The van der Waals surface area contributed by atoms with Crippen molar-refractivity contribution < 1.29 is 9.59 Å². The van der Waals surface area contributed by atoms with Crippen LogP contribution in [0.4, 0.5) is 0 Å². The van der Waals surface area contributed by atoms with Crippen LogP contribution in [0.25, 0.3) is 21.8 Å². The van der Waals surface area contributed by atoms with Crippen molar-refractivity contribution >= 4 is 44.6 Å². The topological polar surface area (TPSA) is 92.7 Å². The maximum absolute atomic E-state index is 12.6. The van der Waals surface area contributed by atoms with Gasteiger partial charge in [-0.1, -0.05) is 24.6 Å². The van der Waals surface area contributed by atoms with Crippen LogP contribution < -0.4 is 5.32 Å². The number of thioether (sulfide) groups is 1. The summed E-state index contributed by atoms with van der Waals surface area (Å²) in [6, 6.07) is 3.93. The van der Waals surface area contributed by atoms with Crippen LogP contribution in [-0.2, 0) is 11.3 Å². The normalized spacial score (nSPS) is 14.0. The molecule has 29 heavy (non-hydrogen) atoms. The lowest BCUT2D eigenvalue weighted by Crippen LogP contribution is -2.25. The van der Waals surface area contributed by atoms with Gasteiger partial charge in [0.25, 0.3) is 5.91 Å². The monoisotopic (exact) mass is 413 g/mol. The number of fused-ring (bicyclic) bond motifs is 3. The zero-order valence-corrected chi connectivity index (χ0v) is 17.6. The Balaban J connectivity index is 1.31. The number of H-pyrrole nitrogens is 1. The molecule has 1 amide bonds. The summed E-state index contributed by atoms with van der Waals surface area (Å²) in [4.78, 5) is 23.4. The lowest BCUT2D eigenvalue weighted by atomic mass is 10.1. The number of unbranched alkanes of at least 4 members (excludes halogenated alkanes) is 3. The Kier molecular flexibility index (Phi) is 6.18. The number of hydrogen-bond acceptors (Lipinski definition) is 5. The average Bonchev–Trinajstić information content (AvgIpc) is 3.24. The Morgan fingerprint density at radius 1 is 1.17 bits per heavy atom. The summed E-state index contributed by atoms with van der Waals surface area (Å²) in [6.45, 7) is 3.23. The minimum atomic E-state index is -0.166. The predicted octanol–water partition coefficient (Wildman–Crippen LogP) is 3.89. The summed E-state index contributed by atoms with van der Waals surface area (Å²) in [5, 5.41) is 16.8. The van der Waals surface area contributed by atoms with Crippen molar-refractivity contribution in [1.82, 2.24) is 25.3 Å². The first-order valence-corrected chi connectivity index (χ1v) is 11.4. The first-order chi connectivity index (χ1) is 14.1. The molecule has 2 N–H and O–H groups in total. The molecule has 0 aliphatic heterocycles. The number of carbonyl (C=O) groups is 2. The van der Waals surface area contributed by atoms with Gasteiger partial charge in [-0.25, -0.2) is 0 Å². The fourth-order valence-electron chi connectivity index (χ4n) is 3.56. The van der Waals surface area contributed by atoms with Crippen LogP contribution in [0.5, 0.6) is 0 Å². The largest absolute Gasteiger partial charge is 0.351 e. The van der Waals surface area contributed by atoms with Crippen LogP contribution >= 0.6 is 11.8 Å². The summed E-state index contributed by atoms with van der Waals surface area (Å²) in [5.41, 5.74) is 2.20. The van der Waals surface area contributed by atoms with Crippen LogP contribution in [0.15, 0.2) is 18.3 Å². The molecule has 0 spiro atoms. The van der Waals surface area contributed by atoms with Gasteiger partial charge in [0.05, 0.1) is 5.52 Å². The summed E-state index contributed by atoms with van der Waals surface area (Å²) < 4.78 is 2.12. The van der Waals surface area contributed by atoms with Crippen molar-refractivity contribution in [2.75, 3.05) is 12.3 Å². The Bertz CT molecular complexity index is 1020. The molecular weight excluding hydrogens is 386 g/mol. The van der Waals surface area contributed by atoms with Crippen LogP contribution in [0.1, 0.15) is 55.9 Å². The van der Waals surface area contributed by atoms with E-state index in [0.29, 0.717) is 12.2 Å². The third-order valence-electron chi connectivity index (χ3n) is 5.30. The van der Waals surface area contributed by atoms with E-state index in [2.05, 4.69) is 31.5 Å². The Morgan fingerprint density at radius 2 is 2.00 bits per heavy atom. The van der Waals surface area contributed by atoms with Crippen molar-refractivity contribution in [3.05, 3.63) is 24.0 Å². The molecular formula is C21H27N5O2S. The van der Waals surface area contributed by atoms with Crippen LogP contribution in [0, 0.1) is 5.92 Å². The first-order valence-electron chi connectivity index (χ1n) is 10.4. The number of amides is 1. The van der Waals surface area contributed by atoms with Crippen molar-refractivity contribution in [2.45, 2.75) is 52.0 Å².